The van der Waals surface area contributed by atoms with E-state index in [1.54, 1.807) is 26.2 Å². The summed E-state index contributed by atoms with van der Waals surface area (Å²) in [6, 6.07) is -0.0864. The summed E-state index contributed by atoms with van der Waals surface area (Å²) in [7, 11) is -3.35. The Morgan fingerprint density at radius 1 is 1.33 bits per heavy atom. The van der Waals surface area contributed by atoms with Crippen LogP contribution in [0.2, 0.25) is 0 Å². The van der Waals surface area contributed by atoms with Crippen LogP contribution < -0.4 is 10.0 Å². The lowest BCUT2D eigenvalue weighted by Crippen LogP contribution is -2.41. The molecule has 0 fully saturated rings. The number of imidazole rings is 1. The third kappa shape index (κ3) is 4.40. The molecule has 0 spiro atoms. The molecule has 3 N–H and O–H groups in total. The first-order valence-corrected chi connectivity index (χ1v) is 7.61. The summed E-state index contributed by atoms with van der Waals surface area (Å²) in [5, 5.41) is 2.63. The lowest BCUT2D eigenvalue weighted by molar-refractivity contribution is 0.528. The highest BCUT2D eigenvalue weighted by Crippen LogP contribution is 2.09. The Morgan fingerprint density at radius 3 is 2.50 bits per heavy atom. The zero-order valence-electron chi connectivity index (χ0n) is 11.3. The predicted molar refractivity (Wildman–Crippen MR) is 71.7 cm³/mol. The molecule has 6 nitrogen and oxygen atoms in total. The maximum Gasteiger partial charge on any atom is 0.216 e. The highest BCUT2D eigenvalue weighted by atomic mass is 32.2. The third-order valence-electron chi connectivity index (χ3n) is 2.61. The normalized spacial score (nSPS) is 15.8. The molecule has 0 aromatic carbocycles. The summed E-state index contributed by atoms with van der Waals surface area (Å²) in [6.45, 7) is 7.85. The number of nitrogens with one attached hydrogen (secondary N) is 3. The molecule has 0 aliphatic heterocycles. The Kier molecular flexibility index (Phi) is 5.30. The first-order chi connectivity index (χ1) is 8.33. The van der Waals surface area contributed by atoms with Gasteiger partial charge in [0.2, 0.25) is 10.0 Å². The molecule has 1 aromatic rings. The molecule has 7 heteroatoms. The number of sulfonamides is 1. The summed E-state index contributed by atoms with van der Waals surface area (Å²) < 4.78 is 26.7. The van der Waals surface area contributed by atoms with Gasteiger partial charge < -0.3 is 10.3 Å². The molecule has 104 valence electrons. The summed E-state index contributed by atoms with van der Waals surface area (Å²) >= 11 is 0. The van der Waals surface area contributed by atoms with Gasteiger partial charge in [0.1, 0.15) is 5.82 Å². The lowest BCUT2D eigenvalue weighted by atomic mass is 10.3. The highest BCUT2D eigenvalue weighted by Gasteiger charge is 2.24. The molecule has 1 rings (SSSR count). The second-order valence-electron chi connectivity index (χ2n) is 4.73. The molecule has 0 bridgehead atoms. The largest absolute Gasteiger partial charge is 0.347 e. The van der Waals surface area contributed by atoms with Crippen LogP contribution in [0.5, 0.6) is 0 Å². The molecule has 2 unspecified atom stereocenters. The second kappa shape index (κ2) is 6.31. The predicted octanol–water partition coefficient (Wildman–Crippen LogP) is 0.777. The van der Waals surface area contributed by atoms with E-state index in [2.05, 4.69) is 20.0 Å². The van der Waals surface area contributed by atoms with Crippen LogP contribution in [0.4, 0.5) is 0 Å². The molecule has 2 atom stereocenters. The van der Waals surface area contributed by atoms with Crippen molar-refractivity contribution in [2.75, 3.05) is 6.54 Å². The summed E-state index contributed by atoms with van der Waals surface area (Å²) in [5.41, 5.74) is 0. The number of hydrogen-bond acceptors (Lipinski definition) is 4. The van der Waals surface area contributed by atoms with E-state index in [1.807, 2.05) is 13.8 Å². The van der Waals surface area contributed by atoms with Gasteiger partial charge in [-0.3, -0.25) is 0 Å². The van der Waals surface area contributed by atoms with E-state index in [9.17, 15) is 8.42 Å². The van der Waals surface area contributed by atoms with Gasteiger partial charge >= 0.3 is 0 Å². The molecule has 0 aliphatic carbocycles. The van der Waals surface area contributed by atoms with Gasteiger partial charge in [0.15, 0.2) is 0 Å². The van der Waals surface area contributed by atoms with Crippen LogP contribution in [0.15, 0.2) is 12.4 Å². The Bertz CT molecular complexity index is 442. The van der Waals surface area contributed by atoms with Gasteiger partial charge in [0, 0.05) is 25.0 Å². The lowest BCUT2D eigenvalue weighted by Gasteiger charge is -2.18. The Morgan fingerprint density at radius 2 is 2.00 bits per heavy atom. The Labute approximate surface area is 109 Å². The molecular formula is C11H22N4O2S. The van der Waals surface area contributed by atoms with Crippen molar-refractivity contribution in [2.24, 2.45) is 0 Å². The number of aromatic nitrogens is 2. The van der Waals surface area contributed by atoms with Crippen LogP contribution in [0, 0.1) is 0 Å². The van der Waals surface area contributed by atoms with E-state index in [0.717, 1.165) is 0 Å². The Hall–Kier alpha value is -0.920. The van der Waals surface area contributed by atoms with Crippen molar-refractivity contribution >= 4 is 10.0 Å². The molecular weight excluding hydrogens is 252 g/mol. The van der Waals surface area contributed by atoms with Gasteiger partial charge in [0.05, 0.1) is 11.3 Å². The summed E-state index contributed by atoms with van der Waals surface area (Å²) in [4.78, 5) is 6.93. The summed E-state index contributed by atoms with van der Waals surface area (Å²) in [6.07, 6.45) is 3.27. The molecule has 0 saturated carbocycles. The number of rotatable bonds is 7. The summed E-state index contributed by atoms with van der Waals surface area (Å²) in [5.74, 6) is 0.614. The van der Waals surface area contributed by atoms with Gasteiger partial charge in [0.25, 0.3) is 0 Å². The maximum absolute atomic E-state index is 12.1. The molecule has 0 amide bonds. The van der Waals surface area contributed by atoms with Crippen molar-refractivity contribution in [1.82, 2.24) is 20.0 Å². The SMILES string of the molecule is CC(C)NCC(C)S(=O)(=O)NC(C)c1ncc[nH]1. The fraction of sp³-hybridized carbons (Fsp3) is 0.727. The average molecular weight is 274 g/mol. The van der Waals surface area contributed by atoms with Crippen LogP contribution in [0.1, 0.15) is 39.6 Å². The number of nitrogens with zero attached hydrogens (tertiary/aromatic N) is 1. The van der Waals surface area contributed by atoms with Crippen molar-refractivity contribution in [3.63, 3.8) is 0 Å². The zero-order valence-corrected chi connectivity index (χ0v) is 12.1. The number of hydrogen-bond donors (Lipinski definition) is 3. The average Bonchev–Trinajstić information content (AvgIpc) is 2.78. The molecule has 18 heavy (non-hydrogen) atoms. The van der Waals surface area contributed by atoms with Crippen LogP contribution >= 0.6 is 0 Å². The Balaban J connectivity index is 2.58. The first-order valence-electron chi connectivity index (χ1n) is 6.06. The van der Waals surface area contributed by atoms with Gasteiger partial charge in [-0.05, 0) is 13.8 Å². The smallest absolute Gasteiger partial charge is 0.216 e. The molecule has 0 saturated heterocycles. The quantitative estimate of drug-likeness (QED) is 0.685. The third-order valence-corrected chi connectivity index (χ3v) is 4.52. The van der Waals surface area contributed by atoms with Crippen molar-refractivity contribution in [3.05, 3.63) is 18.2 Å². The van der Waals surface area contributed by atoms with Gasteiger partial charge in [-0.25, -0.2) is 18.1 Å². The maximum atomic E-state index is 12.1. The van der Waals surface area contributed by atoms with Gasteiger partial charge in [-0.1, -0.05) is 13.8 Å². The standard InChI is InChI=1S/C11H22N4O2S/c1-8(2)14-7-9(3)18(16,17)15-10(4)11-12-5-6-13-11/h5-6,8-10,14-15H,7H2,1-4H3,(H,12,13). The van der Waals surface area contributed by atoms with E-state index < -0.39 is 15.3 Å². The van der Waals surface area contributed by atoms with Crippen molar-refractivity contribution in [3.8, 4) is 0 Å². The highest BCUT2D eigenvalue weighted by molar-refractivity contribution is 7.90. The first kappa shape index (κ1) is 15.1. The van der Waals surface area contributed by atoms with Crippen LogP contribution in [0.3, 0.4) is 0 Å². The second-order valence-corrected chi connectivity index (χ2v) is 6.86. The molecule has 1 heterocycles. The van der Waals surface area contributed by atoms with Crippen LogP contribution in [-0.2, 0) is 10.0 Å². The van der Waals surface area contributed by atoms with Crippen LogP contribution in [0.25, 0.3) is 0 Å². The fourth-order valence-corrected chi connectivity index (χ4v) is 2.60. The number of aromatic amines is 1. The number of H-pyrrole nitrogens is 1. The van der Waals surface area contributed by atoms with E-state index in [-0.39, 0.29) is 12.1 Å². The zero-order chi connectivity index (χ0) is 13.8. The topological polar surface area (TPSA) is 86.9 Å². The van der Waals surface area contributed by atoms with E-state index in [0.29, 0.717) is 12.4 Å². The van der Waals surface area contributed by atoms with Crippen LogP contribution in [-0.4, -0.2) is 36.2 Å². The van der Waals surface area contributed by atoms with Gasteiger partial charge in [-0.2, -0.15) is 0 Å². The van der Waals surface area contributed by atoms with Crippen molar-refractivity contribution < 1.29 is 8.42 Å². The fourth-order valence-electron chi connectivity index (χ4n) is 1.44. The molecule has 1 aromatic heterocycles. The van der Waals surface area contributed by atoms with Crippen molar-refractivity contribution in [1.29, 1.82) is 0 Å². The minimum absolute atomic E-state index is 0.269. The minimum Gasteiger partial charge on any atom is -0.347 e. The monoisotopic (exact) mass is 274 g/mol. The van der Waals surface area contributed by atoms with Gasteiger partial charge in [-0.15, -0.1) is 0 Å². The van der Waals surface area contributed by atoms with E-state index in [4.69, 9.17) is 0 Å². The van der Waals surface area contributed by atoms with E-state index in [1.165, 1.54) is 0 Å². The van der Waals surface area contributed by atoms with E-state index >= 15 is 0 Å². The minimum atomic E-state index is -3.35. The molecule has 0 radical (unpaired) electrons. The molecule has 0 aliphatic rings. The van der Waals surface area contributed by atoms with Crippen molar-refractivity contribution in [2.45, 2.75) is 45.0 Å².